The number of hydrogen-bond donors (Lipinski definition) is 0. The second-order valence-electron chi connectivity index (χ2n) is 9.24. The van der Waals surface area contributed by atoms with Crippen LogP contribution in [0, 0.1) is 5.92 Å². The quantitative estimate of drug-likeness (QED) is 0.392. The number of nitrogens with zero attached hydrogens (tertiary/aromatic N) is 1. The van der Waals surface area contributed by atoms with Crippen LogP contribution in [0.3, 0.4) is 0 Å². The summed E-state index contributed by atoms with van der Waals surface area (Å²) in [7, 11) is 0. The summed E-state index contributed by atoms with van der Waals surface area (Å²) in [6, 6.07) is 0. The van der Waals surface area contributed by atoms with Crippen molar-refractivity contribution < 1.29 is 28.5 Å². The van der Waals surface area contributed by atoms with Gasteiger partial charge in [0.2, 0.25) is 5.91 Å². The second-order valence-corrected chi connectivity index (χ2v) is 9.24. The molecule has 0 bridgehead atoms. The molecule has 0 aromatic carbocycles. The molecule has 7 heteroatoms. The molecule has 0 radical (unpaired) electrons. The molecular weight excluding hydrogens is 446 g/mol. The van der Waals surface area contributed by atoms with Crippen molar-refractivity contribution in [2.24, 2.45) is 5.92 Å². The fourth-order valence-electron chi connectivity index (χ4n) is 4.24. The molecule has 1 saturated heterocycles. The zero-order valence-corrected chi connectivity index (χ0v) is 21.8. The van der Waals surface area contributed by atoms with Crippen LogP contribution in [0.2, 0.25) is 0 Å². The van der Waals surface area contributed by atoms with Gasteiger partial charge in [-0.25, -0.2) is 0 Å². The minimum absolute atomic E-state index is 0.200. The van der Waals surface area contributed by atoms with Gasteiger partial charge in [-0.15, -0.1) is 0 Å². The van der Waals surface area contributed by atoms with Crippen molar-refractivity contribution in [3.8, 4) is 0 Å². The van der Waals surface area contributed by atoms with Crippen LogP contribution in [0.1, 0.15) is 64.2 Å². The Morgan fingerprint density at radius 3 is 1.46 bits per heavy atom. The van der Waals surface area contributed by atoms with Crippen molar-refractivity contribution >= 4 is 5.91 Å². The lowest BCUT2D eigenvalue weighted by atomic mass is 10.0. The minimum atomic E-state index is 0.200. The Labute approximate surface area is 213 Å². The monoisotopic (exact) mass is 495 g/mol. The summed E-state index contributed by atoms with van der Waals surface area (Å²) in [5.74, 6) is 0.879. The van der Waals surface area contributed by atoms with Gasteiger partial charge in [0.1, 0.15) is 0 Å². The molecule has 0 aromatic heterocycles. The molecule has 0 N–H and O–H groups in total. The van der Waals surface area contributed by atoms with E-state index in [0.717, 1.165) is 12.8 Å². The van der Waals surface area contributed by atoms with Gasteiger partial charge in [-0.2, -0.15) is 0 Å². The van der Waals surface area contributed by atoms with Crippen LogP contribution in [0.4, 0.5) is 0 Å². The van der Waals surface area contributed by atoms with Crippen molar-refractivity contribution in [1.82, 2.24) is 4.90 Å². The Kier molecular flexibility index (Phi) is 18.8. The topological polar surface area (TPSA) is 66.5 Å². The van der Waals surface area contributed by atoms with E-state index in [-0.39, 0.29) is 5.91 Å². The average Bonchev–Trinajstić information content (AvgIpc) is 3.38. The smallest absolute Gasteiger partial charge is 0.222 e. The molecule has 0 aromatic rings. The number of unbranched alkanes of at least 4 members (excludes halogenated alkanes) is 7. The van der Waals surface area contributed by atoms with Crippen molar-refractivity contribution in [2.75, 3.05) is 79.2 Å². The summed E-state index contributed by atoms with van der Waals surface area (Å²) < 4.78 is 27.7. The maximum Gasteiger partial charge on any atom is 0.222 e. The Balaban J connectivity index is 1.51. The molecule has 1 fully saturated rings. The molecule has 2 aliphatic rings. The summed E-state index contributed by atoms with van der Waals surface area (Å²) in [6.07, 6.45) is 20.7. The van der Waals surface area contributed by atoms with E-state index >= 15 is 0 Å². The maximum atomic E-state index is 12.8. The van der Waals surface area contributed by atoms with Crippen LogP contribution >= 0.6 is 0 Å². The number of rotatable bonds is 11. The zero-order valence-electron chi connectivity index (χ0n) is 21.8. The molecule has 2 rings (SSSR count). The highest BCUT2D eigenvalue weighted by Crippen LogP contribution is 2.18. The fourth-order valence-corrected chi connectivity index (χ4v) is 4.24. The van der Waals surface area contributed by atoms with Gasteiger partial charge in [0.05, 0.1) is 66.1 Å². The zero-order chi connectivity index (χ0) is 24.7. The highest BCUT2D eigenvalue weighted by molar-refractivity contribution is 5.76. The van der Waals surface area contributed by atoms with Gasteiger partial charge >= 0.3 is 0 Å². The van der Waals surface area contributed by atoms with Crippen LogP contribution < -0.4 is 0 Å². The van der Waals surface area contributed by atoms with E-state index in [4.69, 9.17) is 23.7 Å². The van der Waals surface area contributed by atoms with Gasteiger partial charge in [-0.1, -0.05) is 69.2 Å². The van der Waals surface area contributed by atoms with E-state index in [0.29, 0.717) is 91.5 Å². The number of hydrogen-bond acceptors (Lipinski definition) is 6. The van der Waals surface area contributed by atoms with Gasteiger partial charge in [0, 0.05) is 19.5 Å². The first-order valence-electron chi connectivity index (χ1n) is 13.9. The molecule has 7 nitrogen and oxygen atoms in total. The summed E-state index contributed by atoms with van der Waals surface area (Å²) in [4.78, 5) is 14.7. The Hall–Kier alpha value is -1.25. The molecule has 202 valence electrons. The molecule has 1 aliphatic heterocycles. The standard InChI is InChI=1S/C28H49NO6/c30-28(14-8-6-4-2-1-3-5-7-11-27-12-9-10-13-27)29-15-17-31-19-21-33-23-25-35-26-24-34-22-20-32-18-16-29/h9-10,12-13,27H,1-8,11,14-26H2. The van der Waals surface area contributed by atoms with E-state index in [2.05, 4.69) is 24.3 Å². The Bertz CT molecular complexity index is 538. The van der Waals surface area contributed by atoms with E-state index in [1.54, 1.807) is 0 Å². The molecule has 1 amide bonds. The van der Waals surface area contributed by atoms with Gasteiger partial charge in [-0.05, 0) is 18.8 Å². The third kappa shape index (κ3) is 16.9. The summed E-state index contributed by atoms with van der Waals surface area (Å²) >= 11 is 0. The van der Waals surface area contributed by atoms with Gasteiger partial charge < -0.3 is 28.6 Å². The van der Waals surface area contributed by atoms with Crippen LogP contribution in [0.25, 0.3) is 0 Å². The van der Waals surface area contributed by atoms with Crippen LogP contribution in [-0.4, -0.2) is 90.0 Å². The first-order chi connectivity index (χ1) is 17.4. The molecule has 0 saturated carbocycles. The molecule has 35 heavy (non-hydrogen) atoms. The highest BCUT2D eigenvalue weighted by atomic mass is 16.6. The molecular formula is C28H49NO6. The lowest BCUT2D eigenvalue weighted by Gasteiger charge is -2.23. The van der Waals surface area contributed by atoms with Crippen molar-refractivity contribution in [3.05, 3.63) is 24.3 Å². The largest absolute Gasteiger partial charge is 0.377 e. The van der Waals surface area contributed by atoms with Gasteiger partial charge in [-0.3, -0.25) is 4.79 Å². The second kappa shape index (κ2) is 22.0. The first kappa shape index (κ1) is 30.0. The van der Waals surface area contributed by atoms with Gasteiger partial charge in [0.15, 0.2) is 0 Å². The first-order valence-corrected chi connectivity index (χ1v) is 13.9. The number of carbonyl (C=O) groups excluding carboxylic acids is 1. The number of carbonyl (C=O) groups is 1. The summed E-state index contributed by atoms with van der Waals surface area (Å²) in [5, 5.41) is 0. The van der Waals surface area contributed by atoms with Crippen LogP contribution in [0.5, 0.6) is 0 Å². The number of amides is 1. The summed E-state index contributed by atoms with van der Waals surface area (Å²) in [6.45, 7) is 6.54. The molecule has 1 aliphatic carbocycles. The highest BCUT2D eigenvalue weighted by Gasteiger charge is 2.13. The van der Waals surface area contributed by atoms with E-state index in [1.807, 2.05) is 4.90 Å². The normalized spacial score (nSPS) is 20.1. The predicted molar refractivity (Wildman–Crippen MR) is 139 cm³/mol. The Morgan fingerprint density at radius 2 is 0.971 bits per heavy atom. The third-order valence-corrected chi connectivity index (χ3v) is 6.36. The third-order valence-electron chi connectivity index (χ3n) is 6.36. The van der Waals surface area contributed by atoms with Gasteiger partial charge in [0.25, 0.3) is 0 Å². The SMILES string of the molecule is O=C(CCCCCCCCCCC1C=CC=C1)N1CCOCCOCCOCCOCCOCC1. The predicted octanol–water partition coefficient (Wildman–Crippen LogP) is 4.55. The van der Waals surface area contributed by atoms with Crippen molar-refractivity contribution in [3.63, 3.8) is 0 Å². The number of ether oxygens (including phenoxy) is 5. The van der Waals surface area contributed by atoms with Crippen LogP contribution in [0.15, 0.2) is 24.3 Å². The molecule has 0 spiro atoms. The average molecular weight is 496 g/mol. The maximum absolute atomic E-state index is 12.8. The molecule has 1 heterocycles. The van der Waals surface area contributed by atoms with Crippen molar-refractivity contribution in [2.45, 2.75) is 64.2 Å². The lowest BCUT2D eigenvalue weighted by Crippen LogP contribution is -2.37. The number of allylic oxidation sites excluding steroid dienone is 4. The fraction of sp³-hybridized carbons (Fsp3) is 0.821. The van der Waals surface area contributed by atoms with E-state index < -0.39 is 0 Å². The van der Waals surface area contributed by atoms with E-state index in [1.165, 1.54) is 44.9 Å². The minimum Gasteiger partial charge on any atom is -0.377 e. The molecule has 0 unspecified atom stereocenters. The molecule has 0 atom stereocenters. The van der Waals surface area contributed by atoms with Crippen molar-refractivity contribution in [1.29, 1.82) is 0 Å². The summed E-state index contributed by atoms with van der Waals surface area (Å²) in [5.41, 5.74) is 0. The van der Waals surface area contributed by atoms with Crippen LogP contribution in [-0.2, 0) is 28.5 Å². The van der Waals surface area contributed by atoms with E-state index in [9.17, 15) is 4.79 Å². The Morgan fingerprint density at radius 1 is 0.571 bits per heavy atom. The lowest BCUT2D eigenvalue weighted by molar-refractivity contribution is -0.133.